The van der Waals surface area contributed by atoms with Crippen molar-refractivity contribution in [2.24, 2.45) is 0 Å². The summed E-state index contributed by atoms with van der Waals surface area (Å²) in [5, 5.41) is 22.8. The number of fused-ring (bicyclic) bond motifs is 1. The summed E-state index contributed by atoms with van der Waals surface area (Å²) in [4.78, 5) is 16.9. The number of carbonyl (C=O) groups excluding carboxylic acids is 1. The molecule has 0 bridgehead atoms. The number of carbonyl (C=O) groups is 1. The third-order valence-electron chi connectivity index (χ3n) is 4.52. The first-order chi connectivity index (χ1) is 13.1. The Kier molecular flexibility index (Phi) is 4.61. The Balaban J connectivity index is 1.59. The third-order valence-corrected chi connectivity index (χ3v) is 4.52. The molecular formula is C18H19N5O4. The number of rotatable bonds is 4. The fourth-order valence-electron chi connectivity index (χ4n) is 3.09. The van der Waals surface area contributed by atoms with Crippen LogP contribution in [-0.4, -0.2) is 58.7 Å². The molecule has 2 atom stereocenters. The lowest BCUT2D eigenvalue weighted by molar-refractivity contribution is 0.0950. The van der Waals surface area contributed by atoms with Crippen LogP contribution in [0.25, 0.3) is 22.3 Å². The van der Waals surface area contributed by atoms with Gasteiger partial charge < -0.3 is 25.2 Å². The van der Waals surface area contributed by atoms with E-state index in [4.69, 9.17) is 9.47 Å². The van der Waals surface area contributed by atoms with E-state index < -0.39 is 6.09 Å². The predicted octanol–water partition coefficient (Wildman–Crippen LogP) is 1.41. The highest BCUT2D eigenvalue weighted by Crippen LogP contribution is 2.29. The zero-order chi connectivity index (χ0) is 18.8. The number of amides is 1. The monoisotopic (exact) mass is 369 g/mol. The average molecular weight is 369 g/mol. The summed E-state index contributed by atoms with van der Waals surface area (Å²) >= 11 is 0. The molecule has 1 saturated heterocycles. The number of aromatic nitrogens is 3. The maximum absolute atomic E-state index is 12.4. The Hall–Kier alpha value is -3.17. The Morgan fingerprint density at radius 3 is 2.89 bits per heavy atom. The topological polar surface area (TPSA) is 121 Å². The highest BCUT2D eigenvalue weighted by molar-refractivity contribution is 5.87. The number of phenolic OH excluding ortho intramolecular Hbond substituents is 1. The van der Waals surface area contributed by atoms with Crippen molar-refractivity contribution in [2.45, 2.75) is 12.1 Å². The zero-order valence-corrected chi connectivity index (χ0v) is 14.6. The van der Waals surface area contributed by atoms with Gasteiger partial charge in [0.1, 0.15) is 11.5 Å². The second-order valence-electron chi connectivity index (χ2n) is 6.26. The van der Waals surface area contributed by atoms with Gasteiger partial charge in [-0.05, 0) is 24.3 Å². The van der Waals surface area contributed by atoms with Gasteiger partial charge in [-0.2, -0.15) is 5.10 Å². The van der Waals surface area contributed by atoms with Crippen LogP contribution in [0.4, 0.5) is 4.79 Å². The van der Waals surface area contributed by atoms with Crippen LogP contribution >= 0.6 is 0 Å². The number of ether oxygens (including phenoxy) is 2. The molecular weight excluding hydrogens is 350 g/mol. The number of nitrogens with one attached hydrogen (secondary N) is 3. The standard InChI is InChI=1S/C18H19N5O4/c1-26-16-9-19-8-14(16)22-18(25)27-15-6-13(10-2-4-11(24)5-3-10)21-17-12(15)7-20-23-17/h2-7,14,16,19,24H,8-9H2,1H3,(H,22,25)(H,20,21,23)/t14-,16-/m0/s1. The number of methoxy groups -OCH3 is 1. The van der Waals surface area contributed by atoms with Crippen LogP contribution < -0.4 is 15.4 Å². The number of pyridine rings is 1. The number of hydrogen-bond donors (Lipinski definition) is 4. The lowest BCUT2D eigenvalue weighted by Gasteiger charge is -2.18. The number of nitrogens with zero attached hydrogens (tertiary/aromatic N) is 2. The van der Waals surface area contributed by atoms with Crippen LogP contribution in [0.15, 0.2) is 36.5 Å². The molecule has 9 nitrogen and oxygen atoms in total. The molecule has 4 N–H and O–H groups in total. The minimum Gasteiger partial charge on any atom is -0.508 e. The molecule has 0 spiro atoms. The van der Waals surface area contributed by atoms with Gasteiger partial charge in [-0.25, -0.2) is 9.78 Å². The van der Waals surface area contributed by atoms with Crippen molar-refractivity contribution in [3.05, 3.63) is 36.5 Å². The first-order valence-electron chi connectivity index (χ1n) is 8.49. The predicted molar refractivity (Wildman–Crippen MR) is 97.6 cm³/mol. The Labute approximate surface area is 154 Å². The molecule has 0 unspecified atom stereocenters. The second-order valence-corrected chi connectivity index (χ2v) is 6.26. The van der Waals surface area contributed by atoms with Crippen molar-refractivity contribution < 1.29 is 19.4 Å². The van der Waals surface area contributed by atoms with Gasteiger partial charge in [0.2, 0.25) is 0 Å². The first kappa shape index (κ1) is 17.3. The van der Waals surface area contributed by atoms with Gasteiger partial charge in [0.05, 0.1) is 29.4 Å². The normalized spacial score (nSPS) is 19.3. The van der Waals surface area contributed by atoms with E-state index in [2.05, 4.69) is 25.8 Å². The van der Waals surface area contributed by atoms with Crippen LogP contribution in [0.2, 0.25) is 0 Å². The molecule has 1 aromatic carbocycles. The van der Waals surface area contributed by atoms with Gasteiger partial charge in [0.25, 0.3) is 0 Å². The SMILES string of the molecule is CO[C@H]1CNC[C@@H]1NC(=O)Oc1cc(-c2ccc(O)cc2)nc2[nH]ncc12. The quantitative estimate of drug-likeness (QED) is 0.548. The largest absolute Gasteiger partial charge is 0.508 e. The molecule has 1 fully saturated rings. The maximum atomic E-state index is 12.4. The highest BCUT2D eigenvalue weighted by Gasteiger charge is 2.29. The highest BCUT2D eigenvalue weighted by atomic mass is 16.6. The molecule has 0 radical (unpaired) electrons. The molecule has 9 heteroatoms. The number of phenols is 1. The van der Waals surface area contributed by atoms with Crippen molar-refractivity contribution in [1.29, 1.82) is 0 Å². The van der Waals surface area contributed by atoms with Gasteiger partial charge >= 0.3 is 6.09 Å². The Morgan fingerprint density at radius 2 is 2.11 bits per heavy atom. The molecule has 1 aliphatic rings. The van der Waals surface area contributed by atoms with Crippen LogP contribution in [0.5, 0.6) is 11.5 Å². The Morgan fingerprint density at radius 1 is 1.30 bits per heavy atom. The van der Waals surface area contributed by atoms with E-state index in [9.17, 15) is 9.90 Å². The second kappa shape index (κ2) is 7.22. The Bertz CT molecular complexity index is 956. The molecule has 1 amide bonds. The van der Waals surface area contributed by atoms with Crippen molar-refractivity contribution in [3.8, 4) is 22.8 Å². The zero-order valence-electron chi connectivity index (χ0n) is 14.6. The number of hydrogen-bond acceptors (Lipinski definition) is 7. The summed E-state index contributed by atoms with van der Waals surface area (Å²) in [5.74, 6) is 0.504. The van der Waals surface area contributed by atoms with Gasteiger partial charge in [0, 0.05) is 31.8 Å². The molecule has 1 aliphatic heterocycles. The summed E-state index contributed by atoms with van der Waals surface area (Å²) in [6.45, 7) is 1.29. The van der Waals surface area contributed by atoms with E-state index in [-0.39, 0.29) is 17.9 Å². The summed E-state index contributed by atoms with van der Waals surface area (Å²) in [7, 11) is 1.61. The summed E-state index contributed by atoms with van der Waals surface area (Å²) in [6.07, 6.45) is 0.883. The van der Waals surface area contributed by atoms with E-state index >= 15 is 0 Å². The van der Waals surface area contributed by atoms with E-state index in [1.54, 1.807) is 43.6 Å². The minimum absolute atomic E-state index is 0.100. The molecule has 0 aliphatic carbocycles. The molecule has 3 heterocycles. The van der Waals surface area contributed by atoms with Crippen LogP contribution in [0.3, 0.4) is 0 Å². The van der Waals surface area contributed by atoms with E-state index in [1.807, 2.05) is 0 Å². The van der Waals surface area contributed by atoms with Crippen molar-refractivity contribution in [2.75, 3.05) is 20.2 Å². The number of H-pyrrole nitrogens is 1. The fraction of sp³-hybridized carbons (Fsp3) is 0.278. The smallest absolute Gasteiger partial charge is 0.412 e. The molecule has 2 aromatic heterocycles. The van der Waals surface area contributed by atoms with Gasteiger partial charge in [-0.3, -0.25) is 5.10 Å². The van der Waals surface area contributed by atoms with E-state index in [1.165, 1.54) is 0 Å². The van der Waals surface area contributed by atoms with Gasteiger partial charge in [0.15, 0.2) is 5.65 Å². The van der Waals surface area contributed by atoms with E-state index in [0.717, 1.165) is 5.56 Å². The molecule has 3 aromatic rings. The lowest BCUT2D eigenvalue weighted by atomic mass is 10.1. The minimum atomic E-state index is -0.573. The molecule has 0 saturated carbocycles. The maximum Gasteiger partial charge on any atom is 0.412 e. The van der Waals surface area contributed by atoms with Crippen LogP contribution in [-0.2, 0) is 4.74 Å². The first-order valence-corrected chi connectivity index (χ1v) is 8.49. The average Bonchev–Trinajstić information content (AvgIpc) is 3.31. The van der Waals surface area contributed by atoms with Gasteiger partial charge in [-0.1, -0.05) is 0 Å². The van der Waals surface area contributed by atoms with Crippen LogP contribution in [0, 0.1) is 0 Å². The molecule has 27 heavy (non-hydrogen) atoms. The molecule has 140 valence electrons. The van der Waals surface area contributed by atoms with Crippen molar-refractivity contribution in [1.82, 2.24) is 25.8 Å². The summed E-state index contributed by atoms with van der Waals surface area (Å²) in [5.41, 5.74) is 1.86. The van der Waals surface area contributed by atoms with Crippen molar-refractivity contribution >= 4 is 17.1 Å². The van der Waals surface area contributed by atoms with Crippen LogP contribution in [0.1, 0.15) is 0 Å². The summed E-state index contributed by atoms with van der Waals surface area (Å²) < 4.78 is 10.9. The molecule has 4 rings (SSSR count). The number of aromatic amines is 1. The third kappa shape index (κ3) is 3.55. The number of benzene rings is 1. The van der Waals surface area contributed by atoms with Crippen molar-refractivity contribution in [3.63, 3.8) is 0 Å². The van der Waals surface area contributed by atoms with E-state index in [0.29, 0.717) is 35.6 Å². The lowest BCUT2D eigenvalue weighted by Crippen LogP contribution is -2.44. The summed E-state index contributed by atoms with van der Waals surface area (Å²) in [6, 6.07) is 8.11. The van der Waals surface area contributed by atoms with Gasteiger partial charge in [-0.15, -0.1) is 0 Å². The number of aromatic hydroxyl groups is 1. The fourth-order valence-corrected chi connectivity index (χ4v) is 3.09.